The summed E-state index contributed by atoms with van der Waals surface area (Å²) in [7, 11) is 1.89. The average Bonchev–Trinajstić information content (AvgIpc) is 2.70. The number of nitrogens with zero attached hydrogens (tertiary/aromatic N) is 2. The minimum absolute atomic E-state index is 0.0901. The third kappa shape index (κ3) is 4.64. The molecule has 2 aromatic carbocycles. The number of benzene rings is 2. The second-order valence-electron chi connectivity index (χ2n) is 6.91. The molecule has 4 heteroatoms. The van der Waals surface area contributed by atoms with Crippen LogP contribution in [0.1, 0.15) is 31.7 Å². The van der Waals surface area contributed by atoms with E-state index in [9.17, 15) is 4.79 Å². The smallest absolute Gasteiger partial charge is 0.305 e. The summed E-state index contributed by atoms with van der Waals surface area (Å²) < 4.78 is 0. The largest absolute Gasteiger partial charge is 0.481 e. The molecule has 3 rings (SSSR count). The summed E-state index contributed by atoms with van der Waals surface area (Å²) in [6.45, 7) is 2.63. The Hall–Kier alpha value is -2.88. The van der Waals surface area contributed by atoms with E-state index in [1.54, 1.807) is 0 Å². The van der Waals surface area contributed by atoms with Gasteiger partial charge in [-0.1, -0.05) is 49.7 Å². The Balaban J connectivity index is 2.08. The molecule has 3 aromatic rings. The zero-order valence-electron chi connectivity index (χ0n) is 16.0. The Kier molecular flexibility index (Phi) is 6.07. The van der Waals surface area contributed by atoms with Gasteiger partial charge >= 0.3 is 5.97 Å². The highest BCUT2D eigenvalue weighted by atomic mass is 16.4. The number of carboxylic acids is 1. The van der Waals surface area contributed by atoms with Crippen LogP contribution in [0.2, 0.25) is 0 Å². The highest BCUT2D eigenvalue weighted by Crippen LogP contribution is 2.32. The first-order valence-corrected chi connectivity index (χ1v) is 9.50. The third-order valence-corrected chi connectivity index (χ3v) is 4.82. The maximum absolute atomic E-state index is 10.9. The van der Waals surface area contributed by atoms with E-state index in [-0.39, 0.29) is 6.42 Å². The molecule has 0 saturated heterocycles. The zero-order valence-corrected chi connectivity index (χ0v) is 16.0. The minimum atomic E-state index is -0.800. The summed E-state index contributed by atoms with van der Waals surface area (Å²) in [4.78, 5) is 17.6. The summed E-state index contributed by atoms with van der Waals surface area (Å²) in [5.74, 6) is -0.00426. The fraction of sp³-hybridized carbons (Fsp3) is 0.304. The SMILES string of the molecule is CCCCc1ccc2nc(N(C)CCC(=O)O)cc(-c3ccccc3)c2c1. The van der Waals surface area contributed by atoms with Crippen molar-refractivity contribution < 1.29 is 9.90 Å². The van der Waals surface area contributed by atoms with Gasteiger partial charge in [-0.05, 0) is 47.7 Å². The molecule has 4 nitrogen and oxygen atoms in total. The lowest BCUT2D eigenvalue weighted by Crippen LogP contribution is -2.22. The van der Waals surface area contributed by atoms with Crippen molar-refractivity contribution >= 4 is 22.7 Å². The highest BCUT2D eigenvalue weighted by Gasteiger charge is 2.12. The quantitative estimate of drug-likeness (QED) is 0.602. The predicted molar refractivity (Wildman–Crippen MR) is 111 cm³/mol. The molecule has 0 amide bonds. The maximum Gasteiger partial charge on any atom is 0.305 e. The number of hydrogen-bond donors (Lipinski definition) is 1. The molecule has 0 spiro atoms. The molecule has 140 valence electrons. The van der Waals surface area contributed by atoms with Gasteiger partial charge < -0.3 is 10.0 Å². The first-order valence-electron chi connectivity index (χ1n) is 9.50. The van der Waals surface area contributed by atoms with Crippen molar-refractivity contribution in [3.8, 4) is 11.1 Å². The second kappa shape index (κ2) is 8.67. The fourth-order valence-corrected chi connectivity index (χ4v) is 3.23. The highest BCUT2D eigenvalue weighted by molar-refractivity contribution is 5.96. The molecule has 0 aliphatic rings. The summed E-state index contributed by atoms with van der Waals surface area (Å²) >= 11 is 0. The van der Waals surface area contributed by atoms with Crippen LogP contribution in [0.5, 0.6) is 0 Å². The Bertz CT molecular complexity index is 922. The van der Waals surface area contributed by atoms with E-state index >= 15 is 0 Å². The van der Waals surface area contributed by atoms with Gasteiger partial charge in [0.25, 0.3) is 0 Å². The van der Waals surface area contributed by atoms with Crippen molar-refractivity contribution in [3.05, 3.63) is 60.2 Å². The van der Waals surface area contributed by atoms with Gasteiger partial charge in [-0.15, -0.1) is 0 Å². The van der Waals surface area contributed by atoms with Crippen LogP contribution in [-0.4, -0.2) is 29.7 Å². The van der Waals surface area contributed by atoms with Gasteiger partial charge in [0, 0.05) is 19.0 Å². The first-order chi connectivity index (χ1) is 13.1. The summed E-state index contributed by atoms with van der Waals surface area (Å²) in [5, 5.41) is 10.1. The molecule has 0 aliphatic carbocycles. The maximum atomic E-state index is 10.9. The number of unbranched alkanes of at least 4 members (excludes halogenated alkanes) is 1. The number of carbonyl (C=O) groups is 1. The lowest BCUT2D eigenvalue weighted by molar-refractivity contribution is -0.136. The van der Waals surface area contributed by atoms with Gasteiger partial charge in [-0.2, -0.15) is 0 Å². The Morgan fingerprint density at radius 2 is 1.89 bits per heavy atom. The van der Waals surface area contributed by atoms with Crippen molar-refractivity contribution in [2.45, 2.75) is 32.6 Å². The van der Waals surface area contributed by atoms with Crippen LogP contribution in [0.4, 0.5) is 5.82 Å². The van der Waals surface area contributed by atoms with Crippen LogP contribution < -0.4 is 4.90 Å². The van der Waals surface area contributed by atoms with E-state index in [1.807, 2.05) is 30.1 Å². The molecule has 1 N–H and O–H groups in total. The number of aromatic nitrogens is 1. The molecule has 27 heavy (non-hydrogen) atoms. The van der Waals surface area contributed by atoms with E-state index < -0.39 is 5.97 Å². The fourth-order valence-electron chi connectivity index (χ4n) is 3.23. The molecular weight excluding hydrogens is 336 g/mol. The molecule has 1 heterocycles. The third-order valence-electron chi connectivity index (χ3n) is 4.82. The zero-order chi connectivity index (χ0) is 19.2. The number of hydrogen-bond acceptors (Lipinski definition) is 3. The number of carboxylic acid groups (broad SMARTS) is 1. The van der Waals surface area contributed by atoms with Crippen LogP contribution in [0.25, 0.3) is 22.0 Å². The Labute approximate surface area is 160 Å². The van der Waals surface area contributed by atoms with E-state index in [0.717, 1.165) is 34.3 Å². The van der Waals surface area contributed by atoms with Crippen molar-refractivity contribution in [3.63, 3.8) is 0 Å². The molecule has 0 aliphatic heterocycles. The summed E-state index contributed by atoms with van der Waals surface area (Å²) in [6.07, 6.45) is 3.51. The second-order valence-corrected chi connectivity index (χ2v) is 6.91. The van der Waals surface area contributed by atoms with Crippen molar-refractivity contribution in [1.29, 1.82) is 0 Å². The number of aryl methyl sites for hydroxylation is 1. The summed E-state index contributed by atoms with van der Waals surface area (Å²) in [5.41, 5.74) is 4.55. The monoisotopic (exact) mass is 362 g/mol. The first kappa shape index (κ1) is 18.9. The lowest BCUT2D eigenvalue weighted by Gasteiger charge is -2.20. The molecule has 0 fully saturated rings. The van der Waals surface area contributed by atoms with Crippen molar-refractivity contribution in [1.82, 2.24) is 4.98 Å². The topological polar surface area (TPSA) is 53.4 Å². The molecule has 0 unspecified atom stereocenters. The van der Waals surface area contributed by atoms with Crippen molar-refractivity contribution in [2.75, 3.05) is 18.5 Å². The average molecular weight is 362 g/mol. The van der Waals surface area contributed by atoms with Gasteiger partial charge in [0.2, 0.25) is 0 Å². The molecule has 0 radical (unpaired) electrons. The standard InChI is InChI=1S/C23H26N2O2/c1-3-4-8-17-11-12-21-20(15-17)19(18-9-6-5-7-10-18)16-22(24-21)25(2)14-13-23(26)27/h5-7,9-12,15-16H,3-4,8,13-14H2,1-2H3,(H,26,27). The number of pyridine rings is 1. The Morgan fingerprint density at radius 3 is 2.59 bits per heavy atom. The minimum Gasteiger partial charge on any atom is -0.481 e. The van der Waals surface area contributed by atoms with E-state index in [0.29, 0.717) is 6.54 Å². The van der Waals surface area contributed by atoms with Gasteiger partial charge in [-0.25, -0.2) is 4.98 Å². The van der Waals surface area contributed by atoms with Crippen LogP contribution in [0.3, 0.4) is 0 Å². The normalized spacial score (nSPS) is 10.9. The van der Waals surface area contributed by atoms with E-state index in [4.69, 9.17) is 10.1 Å². The Morgan fingerprint density at radius 1 is 1.11 bits per heavy atom. The molecule has 0 bridgehead atoms. The predicted octanol–water partition coefficient (Wildman–Crippen LogP) is 5.16. The molecule has 0 atom stereocenters. The molecular formula is C23H26N2O2. The van der Waals surface area contributed by atoms with Crippen molar-refractivity contribution in [2.24, 2.45) is 0 Å². The van der Waals surface area contributed by atoms with Gasteiger partial charge in [-0.3, -0.25) is 4.79 Å². The van der Waals surface area contributed by atoms with Gasteiger partial charge in [0.1, 0.15) is 5.82 Å². The summed E-state index contributed by atoms with van der Waals surface area (Å²) in [6, 6.07) is 18.9. The van der Waals surface area contributed by atoms with Crippen LogP contribution in [0.15, 0.2) is 54.6 Å². The van der Waals surface area contributed by atoms with Crippen LogP contribution in [-0.2, 0) is 11.2 Å². The number of aliphatic carboxylic acids is 1. The van der Waals surface area contributed by atoms with Gasteiger partial charge in [0.05, 0.1) is 11.9 Å². The van der Waals surface area contributed by atoms with Crippen LogP contribution >= 0.6 is 0 Å². The number of fused-ring (bicyclic) bond motifs is 1. The molecule has 0 saturated carbocycles. The molecule has 1 aromatic heterocycles. The number of anilines is 1. The van der Waals surface area contributed by atoms with Crippen LogP contribution in [0, 0.1) is 0 Å². The van der Waals surface area contributed by atoms with Gasteiger partial charge in [0.15, 0.2) is 0 Å². The number of rotatable bonds is 8. The van der Waals surface area contributed by atoms with E-state index in [1.165, 1.54) is 18.4 Å². The lowest BCUT2D eigenvalue weighted by atomic mass is 9.98. The van der Waals surface area contributed by atoms with E-state index in [2.05, 4.69) is 43.3 Å².